The predicted octanol–water partition coefficient (Wildman–Crippen LogP) is 8.89. The summed E-state index contributed by atoms with van der Waals surface area (Å²) in [6.45, 7) is 8.79. The van der Waals surface area contributed by atoms with Gasteiger partial charge in [0, 0.05) is 55.1 Å². The number of H-pyrrole nitrogens is 1. The third kappa shape index (κ3) is 9.25. The molecule has 4 aliphatic rings. The van der Waals surface area contributed by atoms with Gasteiger partial charge in [0.1, 0.15) is 22.0 Å². The number of sulfonamides is 1. The number of hydrogen-bond donors (Lipinski definition) is 4. The number of amides is 1. The Hall–Kier alpha value is -5.17. The first kappa shape index (κ1) is 46.0. The number of aromatic amines is 1. The summed E-state index contributed by atoms with van der Waals surface area (Å²) in [4.78, 5) is 24.3. The maximum absolute atomic E-state index is 14.0. The molecule has 1 aliphatic carbocycles. The van der Waals surface area contributed by atoms with E-state index in [4.69, 9.17) is 4.74 Å². The van der Waals surface area contributed by atoms with Gasteiger partial charge in [0.15, 0.2) is 0 Å². The van der Waals surface area contributed by atoms with Gasteiger partial charge in [-0.05, 0) is 142 Å². The van der Waals surface area contributed by atoms with Crippen molar-refractivity contribution in [3.8, 4) is 11.5 Å². The number of benzene rings is 3. The molecule has 1 spiro atoms. The normalized spacial score (nSPS) is 19.9. The summed E-state index contributed by atoms with van der Waals surface area (Å²) in [5.41, 5.74) is -1.75. The van der Waals surface area contributed by atoms with Crippen LogP contribution in [0.5, 0.6) is 11.5 Å². The molecule has 3 aliphatic heterocycles. The molecule has 1 atom stereocenters. The van der Waals surface area contributed by atoms with Gasteiger partial charge in [-0.1, -0.05) is 38.1 Å². The van der Waals surface area contributed by atoms with Crippen molar-refractivity contribution in [3.05, 3.63) is 102 Å². The van der Waals surface area contributed by atoms with Gasteiger partial charge in [0.2, 0.25) is 0 Å². The maximum atomic E-state index is 14.0. The van der Waals surface area contributed by atoms with E-state index in [2.05, 4.69) is 68.5 Å². The van der Waals surface area contributed by atoms with Crippen molar-refractivity contribution < 1.29 is 39.5 Å². The van der Waals surface area contributed by atoms with Crippen LogP contribution >= 0.6 is 0 Å². The lowest BCUT2D eigenvalue weighted by atomic mass is 9.59. The van der Waals surface area contributed by atoms with Gasteiger partial charge in [0.05, 0.1) is 22.3 Å². The lowest BCUT2D eigenvalue weighted by Gasteiger charge is -2.56. The quantitative estimate of drug-likeness (QED) is 0.0891. The number of sulfone groups is 1. The van der Waals surface area contributed by atoms with E-state index in [0.717, 1.165) is 81.4 Å². The van der Waals surface area contributed by atoms with E-state index in [1.807, 2.05) is 4.72 Å². The highest BCUT2D eigenvalue weighted by atomic mass is 32.2. The number of anilines is 2. The summed E-state index contributed by atoms with van der Waals surface area (Å²) in [6, 6.07) is 20.6. The van der Waals surface area contributed by atoms with E-state index in [1.165, 1.54) is 36.2 Å². The Balaban J connectivity index is 0.931. The SMILES string of the molecule is CC(C)c1ccccc1C1CCCN1C1CC2(CCN(c3ccc(C(=O)NS(=O)(=O)c4ccc(NCC5CCNCC5)c(S(=O)(=O)C(F)(F)F)c4)c(Oc4cnc5[nH]ccc5c4)c3)CC2)C1. The molecule has 5 heterocycles. The highest BCUT2D eigenvalue weighted by molar-refractivity contribution is 7.92. The first-order valence-corrected chi connectivity index (χ1v) is 25.8. The molecule has 4 fully saturated rings. The van der Waals surface area contributed by atoms with Gasteiger partial charge in [-0.15, -0.1) is 0 Å². The average Bonchev–Trinajstić information content (AvgIpc) is 3.97. The fourth-order valence-electron chi connectivity index (χ4n) is 10.5. The van der Waals surface area contributed by atoms with E-state index in [-0.39, 0.29) is 40.6 Å². The smallest absolute Gasteiger partial charge is 0.455 e. The van der Waals surface area contributed by atoms with Crippen LogP contribution in [0, 0.1) is 11.3 Å². The molecular formula is C48H56F3N7O6S2. The zero-order valence-corrected chi connectivity index (χ0v) is 38.7. The molecule has 4 N–H and O–H groups in total. The van der Waals surface area contributed by atoms with Gasteiger partial charge < -0.3 is 25.3 Å². The van der Waals surface area contributed by atoms with Gasteiger partial charge >= 0.3 is 5.51 Å². The molecule has 3 saturated heterocycles. The van der Waals surface area contributed by atoms with Crippen molar-refractivity contribution in [2.75, 3.05) is 49.5 Å². The number of carbonyl (C=O) groups excluding carboxylic acids is 1. The molecular weight excluding hydrogens is 892 g/mol. The molecule has 3 aromatic carbocycles. The summed E-state index contributed by atoms with van der Waals surface area (Å²) in [5, 5.41) is 6.72. The standard InChI is InChI=1S/C48H56F3N7O6S2/c1-31(2)38-6-3-4-7-39(38)42-8-5-21-58(42)35-27-47(28-35)16-22-57(23-17-47)34-9-11-40(43(25-34)64-36-24-33-15-20-53-45(33)55-30-36)46(59)56-66(62,63)37-10-12-41(54-29-32-13-18-52-19-14-32)44(26-37)65(60,61)48(49,50)51/h3-4,6-7,9-12,15,20,24-26,30-32,35,42,52,54H,5,8,13-14,16-19,21-23,27-29H2,1-2H3,(H,53,55)(H,56,59). The lowest BCUT2D eigenvalue weighted by molar-refractivity contribution is -0.0435. The average molecular weight is 948 g/mol. The molecule has 1 saturated carbocycles. The lowest BCUT2D eigenvalue weighted by Crippen LogP contribution is -2.54. The van der Waals surface area contributed by atoms with Crippen LogP contribution in [0.3, 0.4) is 0 Å². The van der Waals surface area contributed by atoms with Crippen LogP contribution in [-0.4, -0.2) is 88.4 Å². The number of alkyl halides is 3. The highest BCUT2D eigenvalue weighted by Gasteiger charge is 2.51. The third-order valence-electron chi connectivity index (χ3n) is 14.2. The van der Waals surface area contributed by atoms with Gasteiger partial charge in [-0.2, -0.15) is 13.2 Å². The van der Waals surface area contributed by atoms with Crippen molar-refractivity contribution >= 4 is 48.2 Å². The second-order valence-corrected chi connectivity index (χ2v) is 22.3. The van der Waals surface area contributed by atoms with E-state index in [1.54, 1.807) is 30.5 Å². The molecule has 1 amide bonds. The molecule has 0 bridgehead atoms. The summed E-state index contributed by atoms with van der Waals surface area (Å²) >= 11 is 0. The molecule has 5 aromatic rings. The number of likely N-dealkylation sites (tertiary alicyclic amines) is 1. The number of nitrogens with one attached hydrogen (secondary N) is 4. The number of hydrogen-bond acceptors (Lipinski definition) is 11. The number of nitrogens with zero attached hydrogens (tertiary/aromatic N) is 3. The number of ether oxygens (including phenoxy) is 1. The van der Waals surface area contributed by atoms with Crippen molar-refractivity contribution in [2.24, 2.45) is 11.3 Å². The fraction of sp³-hybridized carbons (Fsp3) is 0.458. The Bertz CT molecular complexity index is 2810. The maximum Gasteiger partial charge on any atom is 0.501 e. The summed E-state index contributed by atoms with van der Waals surface area (Å²) in [7, 11) is -10.9. The Kier molecular flexibility index (Phi) is 12.6. The molecule has 0 radical (unpaired) electrons. The molecule has 9 rings (SSSR count). The topological polar surface area (TPSA) is 166 Å². The van der Waals surface area contributed by atoms with E-state index < -0.39 is 41.1 Å². The molecule has 352 valence electrons. The molecule has 2 aromatic heterocycles. The number of piperidine rings is 2. The van der Waals surface area contributed by atoms with E-state index in [0.29, 0.717) is 42.8 Å². The van der Waals surface area contributed by atoms with Gasteiger partial charge in [-0.3, -0.25) is 9.69 Å². The Labute approximate surface area is 383 Å². The minimum Gasteiger partial charge on any atom is -0.455 e. The number of fused-ring (bicyclic) bond motifs is 1. The van der Waals surface area contributed by atoms with Crippen LogP contribution in [0.15, 0.2) is 95.0 Å². The molecule has 1 unspecified atom stereocenters. The Morgan fingerprint density at radius 3 is 2.44 bits per heavy atom. The van der Waals surface area contributed by atoms with Crippen molar-refractivity contribution in [2.45, 2.75) is 98.5 Å². The number of aromatic nitrogens is 2. The second kappa shape index (κ2) is 18.1. The number of pyridine rings is 1. The van der Waals surface area contributed by atoms with Crippen molar-refractivity contribution in [3.63, 3.8) is 0 Å². The Morgan fingerprint density at radius 2 is 1.70 bits per heavy atom. The van der Waals surface area contributed by atoms with Crippen LogP contribution in [0.4, 0.5) is 24.5 Å². The summed E-state index contributed by atoms with van der Waals surface area (Å²) in [5.74, 6) is -0.294. The van der Waals surface area contributed by atoms with Crippen LogP contribution in [0.2, 0.25) is 0 Å². The second-order valence-electron chi connectivity index (χ2n) is 18.7. The molecule has 13 nitrogen and oxygen atoms in total. The zero-order chi connectivity index (χ0) is 46.4. The van der Waals surface area contributed by atoms with Crippen molar-refractivity contribution in [1.82, 2.24) is 24.9 Å². The largest absolute Gasteiger partial charge is 0.501 e. The van der Waals surface area contributed by atoms with Crippen LogP contribution in [0.1, 0.15) is 98.7 Å². The van der Waals surface area contributed by atoms with Gasteiger partial charge in [0.25, 0.3) is 25.8 Å². The van der Waals surface area contributed by atoms with E-state index >= 15 is 0 Å². The number of rotatable bonds is 13. The first-order valence-electron chi connectivity index (χ1n) is 22.8. The third-order valence-corrected chi connectivity index (χ3v) is 17.1. The molecule has 18 heteroatoms. The highest BCUT2D eigenvalue weighted by Crippen LogP contribution is 2.54. The first-order chi connectivity index (χ1) is 31.5. The summed E-state index contributed by atoms with van der Waals surface area (Å²) < 4.78 is 103. The zero-order valence-electron chi connectivity index (χ0n) is 37.0. The molecule has 66 heavy (non-hydrogen) atoms. The number of halogens is 3. The van der Waals surface area contributed by atoms with E-state index in [9.17, 15) is 34.8 Å². The Morgan fingerprint density at radius 1 is 0.939 bits per heavy atom. The van der Waals surface area contributed by atoms with Gasteiger partial charge in [-0.25, -0.2) is 26.5 Å². The fourth-order valence-corrected chi connectivity index (χ4v) is 12.6. The number of carbonyl (C=O) groups is 1. The van der Waals surface area contributed by atoms with Crippen LogP contribution in [0.25, 0.3) is 11.0 Å². The minimum absolute atomic E-state index is 0.0282. The van der Waals surface area contributed by atoms with Crippen LogP contribution < -0.4 is 25.0 Å². The minimum atomic E-state index is -6.01. The monoisotopic (exact) mass is 947 g/mol. The van der Waals surface area contributed by atoms with Crippen molar-refractivity contribution in [1.29, 1.82) is 0 Å². The predicted molar refractivity (Wildman–Crippen MR) is 247 cm³/mol. The van der Waals surface area contributed by atoms with Crippen LogP contribution in [-0.2, 0) is 19.9 Å². The summed E-state index contributed by atoms with van der Waals surface area (Å²) in [6.07, 6.45) is 11.3.